The Kier molecular flexibility index (Phi) is 5.08. The molecule has 1 unspecified atom stereocenters. The van der Waals surface area contributed by atoms with E-state index in [9.17, 15) is 14.9 Å². The van der Waals surface area contributed by atoms with Crippen LogP contribution in [0.2, 0.25) is 5.02 Å². The van der Waals surface area contributed by atoms with Crippen LogP contribution in [0.15, 0.2) is 12.1 Å². The van der Waals surface area contributed by atoms with Crippen molar-refractivity contribution in [2.24, 2.45) is 0 Å². The summed E-state index contributed by atoms with van der Waals surface area (Å²) in [6.45, 7) is 2.11. The molecule has 0 spiro atoms. The molecule has 0 aliphatic rings. The van der Waals surface area contributed by atoms with Crippen molar-refractivity contribution in [2.75, 3.05) is 19.0 Å². The molecular formula is C11H13ClN2O5. The minimum Gasteiger partial charge on any atom is -0.478 e. The van der Waals surface area contributed by atoms with Crippen molar-refractivity contribution in [3.05, 3.63) is 32.8 Å². The van der Waals surface area contributed by atoms with Crippen LogP contribution in [-0.2, 0) is 4.74 Å². The Bertz CT molecular complexity index is 506. The first-order valence-corrected chi connectivity index (χ1v) is 5.71. The number of hydrogen-bond donors (Lipinski definition) is 2. The molecule has 0 saturated heterocycles. The molecule has 0 fully saturated rings. The quantitative estimate of drug-likeness (QED) is 0.615. The molecule has 0 bridgehead atoms. The highest BCUT2D eigenvalue weighted by Gasteiger charge is 2.21. The Balaban J connectivity index is 3.22. The van der Waals surface area contributed by atoms with Gasteiger partial charge < -0.3 is 15.2 Å². The van der Waals surface area contributed by atoms with Crippen molar-refractivity contribution in [3.8, 4) is 0 Å². The molecule has 0 radical (unpaired) electrons. The number of methoxy groups -OCH3 is 1. The monoisotopic (exact) mass is 288 g/mol. The van der Waals surface area contributed by atoms with Crippen molar-refractivity contribution in [2.45, 2.75) is 13.0 Å². The summed E-state index contributed by atoms with van der Waals surface area (Å²) >= 11 is 5.90. The van der Waals surface area contributed by atoms with Crippen LogP contribution in [0.5, 0.6) is 0 Å². The van der Waals surface area contributed by atoms with Gasteiger partial charge in [0.2, 0.25) is 0 Å². The zero-order valence-electron chi connectivity index (χ0n) is 10.3. The molecule has 0 saturated carbocycles. The van der Waals surface area contributed by atoms with Crippen LogP contribution in [0.4, 0.5) is 11.4 Å². The first-order chi connectivity index (χ1) is 8.86. The van der Waals surface area contributed by atoms with Gasteiger partial charge in [0.25, 0.3) is 5.69 Å². The van der Waals surface area contributed by atoms with E-state index in [1.165, 1.54) is 7.11 Å². The third-order valence-corrected chi connectivity index (χ3v) is 2.62. The molecule has 8 heteroatoms. The fourth-order valence-corrected chi connectivity index (χ4v) is 1.82. The van der Waals surface area contributed by atoms with Crippen LogP contribution in [0.1, 0.15) is 17.3 Å². The predicted octanol–water partition coefficient (Wildman–Crippen LogP) is 2.39. The summed E-state index contributed by atoms with van der Waals surface area (Å²) in [5, 5.41) is 22.6. The summed E-state index contributed by atoms with van der Waals surface area (Å²) < 4.78 is 4.92. The number of nitrogens with zero attached hydrogens (tertiary/aromatic N) is 1. The number of non-ortho nitro benzene ring substituents is 1. The molecule has 0 aliphatic carbocycles. The van der Waals surface area contributed by atoms with Crippen molar-refractivity contribution >= 4 is 28.9 Å². The summed E-state index contributed by atoms with van der Waals surface area (Å²) in [7, 11) is 1.51. The number of nitro benzene ring substituents is 1. The smallest absolute Gasteiger partial charge is 0.338 e. The first kappa shape index (κ1) is 15.2. The van der Waals surface area contributed by atoms with Crippen molar-refractivity contribution < 1.29 is 19.6 Å². The predicted molar refractivity (Wildman–Crippen MR) is 70.0 cm³/mol. The lowest BCUT2D eigenvalue weighted by molar-refractivity contribution is -0.384. The third kappa shape index (κ3) is 3.80. The number of anilines is 1. The average Bonchev–Trinajstić information content (AvgIpc) is 2.31. The summed E-state index contributed by atoms with van der Waals surface area (Å²) in [5.74, 6) is -1.29. The van der Waals surface area contributed by atoms with E-state index < -0.39 is 10.9 Å². The average molecular weight is 289 g/mol. The van der Waals surface area contributed by atoms with Crippen LogP contribution in [0, 0.1) is 10.1 Å². The van der Waals surface area contributed by atoms with E-state index in [0.717, 1.165) is 12.1 Å². The third-order valence-electron chi connectivity index (χ3n) is 2.32. The molecule has 1 rings (SSSR count). The van der Waals surface area contributed by atoms with Crippen LogP contribution < -0.4 is 5.32 Å². The van der Waals surface area contributed by atoms with Gasteiger partial charge in [0, 0.05) is 25.3 Å². The topological polar surface area (TPSA) is 102 Å². The Morgan fingerprint density at radius 2 is 2.26 bits per heavy atom. The van der Waals surface area contributed by atoms with E-state index in [1.807, 2.05) is 0 Å². The second-order valence-electron chi connectivity index (χ2n) is 3.91. The Hall–Kier alpha value is -1.86. The fourth-order valence-electron chi connectivity index (χ4n) is 1.55. The number of nitrogens with one attached hydrogen (secondary N) is 1. The van der Waals surface area contributed by atoms with Gasteiger partial charge in [-0.2, -0.15) is 0 Å². The number of carbonyl (C=O) groups is 1. The lowest BCUT2D eigenvalue weighted by atomic mass is 10.1. The summed E-state index contributed by atoms with van der Waals surface area (Å²) in [6.07, 6.45) is 0. The van der Waals surface area contributed by atoms with E-state index in [-0.39, 0.29) is 28.0 Å². The lowest BCUT2D eigenvalue weighted by Crippen LogP contribution is -2.22. The molecule has 1 atom stereocenters. The van der Waals surface area contributed by atoms with Gasteiger partial charge in [-0.15, -0.1) is 0 Å². The Labute approximate surface area is 114 Å². The number of carboxylic acid groups (broad SMARTS) is 1. The van der Waals surface area contributed by atoms with Gasteiger partial charge in [-0.05, 0) is 6.92 Å². The zero-order valence-corrected chi connectivity index (χ0v) is 11.1. The molecule has 1 aromatic carbocycles. The molecule has 0 heterocycles. The van der Waals surface area contributed by atoms with Crippen molar-refractivity contribution in [1.29, 1.82) is 0 Å². The first-order valence-electron chi connectivity index (χ1n) is 5.33. The van der Waals surface area contributed by atoms with Crippen LogP contribution in [0.25, 0.3) is 0 Å². The van der Waals surface area contributed by atoms with Gasteiger partial charge in [-0.3, -0.25) is 10.1 Å². The molecule has 19 heavy (non-hydrogen) atoms. The number of halogens is 1. The SMILES string of the molecule is COCC(C)Nc1c(Cl)cc([N+](=O)[O-])cc1C(=O)O. The van der Waals surface area contributed by atoms with Crippen molar-refractivity contribution in [3.63, 3.8) is 0 Å². The highest BCUT2D eigenvalue weighted by molar-refractivity contribution is 6.34. The maximum Gasteiger partial charge on any atom is 0.338 e. The fraction of sp³-hybridized carbons (Fsp3) is 0.364. The largest absolute Gasteiger partial charge is 0.478 e. The summed E-state index contributed by atoms with van der Waals surface area (Å²) in [5.41, 5.74) is -0.473. The number of benzene rings is 1. The van der Waals surface area contributed by atoms with Gasteiger partial charge >= 0.3 is 5.97 Å². The van der Waals surface area contributed by atoms with Gasteiger partial charge in [-0.1, -0.05) is 11.6 Å². The molecule has 7 nitrogen and oxygen atoms in total. The Morgan fingerprint density at radius 3 is 2.74 bits per heavy atom. The van der Waals surface area contributed by atoms with Gasteiger partial charge in [0.05, 0.1) is 27.8 Å². The summed E-state index contributed by atoms with van der Waals surface area (Å²) in [4.78, 5) is 21.1. The van der Waals surface area contributed by atoms with Crippen molar-refractivity contribution in [1.82, 2.24) is 0 Å². The molecule has 1 aromatic rings. The molecule has 0 amide bonds. The van der Waals surface area contributed by atoms with Crippen LogP contribution in [-0.4, -0.2) is 35.8 Å². The molecule has 0 aromatic heterocycles. The highest BCUT2D eigenvalue weighted by atomic mass is 35.5. The Morgan fingerprint density at radius 1 is 1.63 bits per heavy atom. The molecule has 2 N–H and O–H groups in total. The normalized spacial score (nSPS) is 11.9. The van der Waals surface area contributed by atoms with E-state index >= 15 is 0 Å². The number of rotatable bonds is 6. The number of carboxylic acids is 1. The highest BCUT2D eigenvalue weighted by Crippen LogP contribution is 2.31. The number of hydrogen-bond acceptors (Lipinski definition) is 5. The second kappa shape index (κ2) is 6.35. The lowest BCUT2D eigenvalue weighted by Gasteiger charge is -2.17. The number of aromatic carboxylic acids is 1. The molecule has 104 valence electrons. The maximum atomic E-state index is 11.1. The van der Waals surface area contributed by atoms with E-state index in [1.54, 1.807) is 6.92 Å². The van der Waals surface area contributed by atoms with Gasteiger partial charge in [0.1, 0.15) is 0 Å². The number of ether oxygens (including phenoxy) is 1. The number of nitro groups is 1. The maximum absolute atomic E-state index is 11.1. The van der Waals surface area contributed by atoms with E-state index in [2.05, 4.69) is 5.32 Å². The standard InChI is InChI=1S/C11H13ClN2O5/c1-6(5-19-2)13-10-8(11(15)16)3-7(14(17)18)4-9(10)12/h3-4,6,13H,5H2,1-2H3,(H,15,16). The van der Waals surface area contributed by atoms with Gasteiger partial charge in [0.15, 0.2) is 0 Å². The van der Waals surface area contributed by atoms with Crippen LogP contribution in [0.3, 0.4) is 0 Å². The van der Waals surface area contributed by atoms with Crippen LogP contribution >= 0.6 is 11.6 Å². The van der Waals surface area contributed by atoms with Gasteiger partial charge in [-0.25, -0.2) is 4.79 Å². The molecular weight excluding hydrogens is 276 g/mol. The minimum atomic E-state index is -1.29. The van der Waals surface area contributed by atoms with E-state index in [4.69, 9.17) is 21.4 Å². The zero-order chi connectivity index (χ0) is 14.6. The summed E-state index contributed by atoms with van der Waals surface area (Å²) in [6, 6.07) is 1.88. The molecule has 0 aliphatic heterocycles. The second-order valence-corrected chi connectivity index (χ2v) is 4.32. The minimum absolute atomic E-state index is 0.0189. The van der Waals surface area contributed by atoms with E-state index in [0.29, 0.717) is 6.61 Å².